The lowest BCUT2D eigenvalue weighted by Crippen LogP contribution is -2.46. The van der Waals surface area contributed by atoms with Crippen molar-refractivity contribution < 1.29 is 9.72 Å². The number of anilines is 2. The van der Waals surface area contributed by atoms with Crippen LogP contribution in [0.1, 0.15) is 16.2 Å². The van der Waals surface area contributed by atoms with E-state index in [1.165, 1.54) is 19.2 Å². The van der Waals surface area contributed by atoms with Crippen LogP contribution in [0.25, 0.3) is 10.9 Å². The van der Waals surface area contributed by atoms with E-state index in [9.17, 15) is 14.9 Å². The molecule has 0 aliphatic carbocycles. The predicted octanol–water partition coefficient (Wildman–Crippen LogP) is 1.80. The van der Waals surface area contributed by atoms with Gasteiger partial charge in [-0.25, -0.2) is 9.97 Å². The van der Waals surface area contributed by atoms with Crippen molar-refractivity contribution >= 4 is 34.0 Å². The summed E-state index contributed by atoms with van der Waals surface area (Å²) in [5.41, 5.74) is 7.80. The van der Waals surface area contributed by atoms with Gasteiger partial charge in [0, 0.05) is 50.7 Å². The van der Waals surface area contributed by atoms with Crippen LogP contribution in [-0.2, 0) is 6.54 Å². The molecule has 3 N–H and O–H groups in total. The summed E-state index contributed by atoms with van der Waals surface area (Å²) in [5.74, 6) is 0.799. The van der Waals surface area contributed by atoms with Gasteiger partial charge in [0.05, 0.1) is 28.2 Å². The standard InChI is InChI=1S/C21H23N7O3/c1-23-21(29)16-12-14(28(30)31)6-7-18(16)27-10-8-26(9-11-27)13-19-24-17-5-3-2-4-15(17)20(22)25-19/h2-7,12H,8-11,13H2,1H3,(H,23,29)(H2,22,24,25). The maximum absolute atomic E-state index is 12.3. The number of fused-ring (bicyclic) bond motifs is 1. The Kier molecular flexibility index (Phi) is 5.63. The fraction of sp³-hybridized carbons (Fsp3) is 0.286. The first-order valence-electron chi connectivity index (χ1n) is 9.95. The number of nitrogens with one attached hydrogen (secondary N) is 1. The molecule has 1 aliphatic rings. The number of amides is 1. The summed E-state index contributed by atoms with van der Waals surface area (Å²) in [6, 6.07) is 12.1. The van der Waals surface area contributed by atoms with Gasteiger partial charge in [-0.05, 0) is 18.2 Å². The van der Waals surface area contributed by atoms with Gasteiger partial charge in [-0.3, -0.25) is 19.8 Å². The number of hydrogen-bond acceptors (Lipinski definition) is 8. The number of carbonyl (C=O) groups excluding carboxylic acids is 1. The predicted molar refractivity (Wildman–Crippen MR) is 118 cm³/mol. The number of nitrogens with two attached hydrogens (primary N) is 1. The molecule has 0 atom stereocenters. The zero-order valence-electron chi connectivity index (χ0n) is 17.1. The average molecular weight is 421 g/mol. The highest BCUT2D eigenvalue weighted by Gasteiger charge is 2.24. The van der Waals surface area contributed by atoms with Gasteiger partial charge < -0.3 is 16.0 Å². The molecule has 4 rings (SSSR count). The zero-order chi connectivity index (χ0) is 22.0. The number of piperazine rings is 1. The molecule has 1 aromatic heterocycles. The highest BCUT2D eigenvalue weighted by Crippen LogP contribution is 2.27. The molecule has 0 saturated carbocycles. The fourth-order valence-corrected chi connectivity index (χ4v) is 3.80. The lowest BCUT2D eigenvalue weighted by molar-refractivity contribution is -0.384. The van der Waals surface area contributed by atoms with Gasteiger partial charge in [0.15, 0.2) is 0 Å². The first-order valence-corrected chi connectivity index (χ1v) is 9.95. The van der Waals surface area contributed by atoms with Gasteiger partial charge in [-0.15, -0.1) is 0 Å². The van der Waals surface area contributed by atoms with Gasteiger partial charge in [0.25, 0.3) is 11.6 Å². The van der Waals surface area contributed by atoms with Gasteiger partial charge in [0.2, 0.25) is 0 Å². The van der Waals surface area contributed by atoms with E-state index in [1.807, 2.05) is 24.3 Å². The number of nitrogens with zero attached hydrogens (tertiary/aromatic N) is 5. The summed E-state index contributed by atoms with van der Waals surface area (Å²) in [6.07, 6.45) is 0. The maximum Gasteiger partial charge on any atom is 0.270 e. The van der Waals surface area contributed by atoms with Gasteiger partial charge in [-0.2, -0.15) is 0 Å². The molecule has 10 nitrogen and oxygen atoms in total. The van der Waals surface area contributed by atoms with Crippen molar-refractivity contribution in [1.82, 2.24) is 20.2 Å². The Hall–Kier alpha value is -3.79. The Balaban J connectivity index is 1.48. The Labute approximate surface area is 178 Å². The number of carbonyl (C=O) groups is 1. The van der Waals surface area contributed by atoms with Crippen LogP contribution in [0.2, 0.25) is 0 Å². The van der Waals surface area contributed by atoms with Crippen LogP contribution in [-0.4, -0.2) is 58.9 Å². The third-order valence-corrected chi connectivity index (χ3v) is 5.42. The van der Waals surface area contributed by atoms with Crippen LogP contribution < -0.4 is 16.0 Å². The number of benzene rings is 2. The van der Waals surface area contributed by atoms with E-state index in [4.69, 9.17) is 5.73 Å². The Morgan fingerprint density at radius 3 is 2.61 bits per heavy atom. The molecule has 1 fully saturated rings. The molecule has 2 heterocycles. The van der Waals surface area contributed by atoms with Crippen LogP contribution in [0.15, 0.2) is 42.5 Å². The normalized spacial score (nSPS) is 14.5. The third-order valence-electron chi connectivity index (χ3n) is 5.42. The number of hydrogen-bond donors (Lipinski definition) is 2. The minimum absolute atomic E-state index is 0.105. The number of nitro benzene ring substituents is 1. The third kappa shape index (κ3) is 4.24. The number of para-hydroxylation sites is 1. The minimum atomic E-state index is -0.497. The first kappa shape index (κ1) is 20.5. The first-order chi connectivity index (χ1) is 15.0. The number of nitrogen functional groups attached to an aromatic ring is 1. The molecule has 2 aromatic carbocycles. The molecule has 160 valence electrons. The van der Waals surface area contributed by atoms with E-state index in [-0.39, 0.29) is 11.6 Å². The largest absolute Gasteiger partial charge is 0.383 e. The van der Waals surface area contributed by atoms with Crippen molar-refractivity contribution in [2.45, 2.75) is 6.54 Å². The highest BCUT2D eigenvalue weighted by molar-refractivity contribution is 6.00. The van der Waals surface area contributed by atoms with Crippen molar-refractivity contribution in [2.75, 3.05) is 43.9 Å². The molecule has 0 bridgehead atoms. The summed E-state index contributed by atoms with van der Waals surface area (Å²) in [6.45, 7) is 3.39. The van der Waals surface area contributed by atoms with Crippen LogP contribution in [0.4, 0.5) is 17.2 Å². The second kappa shape index (κ2) is 8.52. The monoisotopic (exact) mass is 421 g/mol. The highest BCUT2D eigenvalue weighted by atomic mass is 16.6. The van der Waals surface area contributed by atoms with E-state index >= 15 is 0 Å². The van der Waals surface area contributed by atoms with Crippen molar-refractivity contribution in [1.29, 1.82) is 0 Å². The van der Waals surface area contributed by atoms with Crippen LogP contribution in [0.3, 0.4) is 0 Å². The Morgan fingerprint density at radius 2 is 1.90 bits per heavy atom. The molecule has 10 heteroatoms. The van der Waals surface area contributed by atoms with Crippen molar-refractivity contribution in [3.8, 4) is 0 Å². The topological polar surface area (TPSA) is 131 Å². The molecule has 1 aliphatic heterocycles. The zero-order valence-corrected chi connectivity index (χ0v) is 17.1. The van der Waals surface area contributed by atoms with Crippen LogP contribution >= 0.6 is 0 Å². The van der Waals surface area contributed by atoms with Crippen molar-refractivity contribution in [3.63, 3.8) is 0 Å². The minimum Gasteiger partial charge on any atom is -0.383 e. The van der Waals surface area contributed by atoms with Crippen molar-refractivity contribution in [2.24, 2.45) is 0 Å². The second-order valence-electron chi connectivity index (χ2n) is 7.34. The average Bonchev–Trinajstić information content (AvgIpc) is 2.78. The molecular weight excluding hydrogens is 398 g/mol. The molecule has 0 unspecified atom stereocenters. The lowest BCUT2D eigenvalue weighted by atomic mass is 10.1. The number of rotatable bonds is 5. The van der Waals surface area contributed by atoms with Crippen LogP contribution in [0, 0.1) is 10.1 Å². The maximum atomic E-state index is 12.3. The molecule has 0 spiro atoms. The summed E-state index contributed by atoms with van der Waals surface area (Å²) >= 11 is 0. The van der Waals surface area contributed by atoms with Crippen molar-refractivity contribution in [3.05, 3.63) is 64.0 Å². The fourth-order valence-electron chi connectivity index (χ4n) is 3.80. The summed E-state index contributed by atoms with van der Waals surface area (Å²) < 4.78 is 0. The summed E-state index contributed by atoms with van der Waals surface area (Å²) in [4.78, 5) is 36.3. The van der Waals surface area contributed by atoms with Gasteiger partial charge in [-0.1, -0.05) is 12.1 Å². The Bertz CT molecular complexity index is 1140. The quantitative estimate of drug-likeness (QED) is 0.471. The van der Waals surface area contributed by atoms with Gasteiger partial charge >= 0.3 is 0 Å². The Morgan fingerprint density at radius 1 is 1.16 bits per heavy atom. The summed E-state index contributed by atoms with van der Waals surface area (Å²) in [5, 5.41) is 14.5. The molecule has 3 aromatic rings. The number of non-ortho nitro benzene ring substituents is 1. The van der Waals surface area contributed by atoms with E-state index in [0.717, 1.165) is 24.0 Å². The van der Waals surface area contributed by atoms with E-state index < -0.39 is 4.92 Å². The van der Waals surface area contributed by atoms with E-state index in [0.29, 0.717) is 42.5 Å². The second-order valence-corrected chi connectivity index (χ2v) is 7.34. The lowest BCUT2D eigenvalue weighted by Gasteiger charge is -2.36. The number of aromatic nitrogens is 2. The SMILES string of the molecule is CNC(=O)c1cc([N+](=O)[O-])ccc1N1CCN(Cc2nc(N)c3ccccc3n2)CC1. The smallest absolute Gasteiger partial charge is 0.270 e. The van der Waals surface area contributed by atoms with Gasteiger partial charge in [0.1, 0.15) is 11.6 Å². The molecule has 1 saturated heterocycles. The molecule has 31 heavy (non-hydrogen) atoms. The molecule has 1 amide bonds. The molecule has 0 radical (unpaired) electrons. The number of nitro groups is 1. The van der Waals surface area contributed by atoms with E-state index in [2.05, 4.69) is 25.1 Å². The molecular formula is C21H23N7O3. The van der Waals surface area contributed by atoms with E-state index in [1.54, 1.807) is 6.07 Å². The van der Waals surface area contributed by atoms with Crippen LogP contribution in [0.5, 0.6) is 0 Å². The summed E-state index contributed by atoms with van der Waals surface area (Å²) in [7, 11) is 1.51.